The standard InChI is InChI=1S/C32H38ClN3O6/c1-35-14-3-2-6-25(37)23-9-7-21(23)17-36-18-31(13-4-5-20-15-22(33)8-10-24(20)31)19-42-26-11-12-27(34-29(26)36)32(41,30(39)40)16-28(35)38/h2,6,8,10-12,15,21,23,25,37,41H,3-5,7,9,13-14,16-19H2,1H3,(H,39,40)/b6-2+/t21-,23+,25-,31-,32-/m0/s1. The van der Waals surface area contributed by atoms with Gasteiger partial charge in [-0.05, 0) is 85.8 Å². The van der Waals surface area contributed by atoms with Crippen molar-refractivity contribution in [3.8, 4) is 5.75 Å². The van der Waals surface area contributed by atoms with Gasteiger partial charge in [0, 0.05) is 37.1 Å². The summed E-state index contributed by atoms with van der Waals surface area (Å²) in [7, 11) is 1.58. The minimum Gasteiger partial charge on any atom is -0.489 e. The van der Waals surface area contributed by atoms with E-state index in [0.717, 1.165) is 32.1 Å². The van der Waals surface area contributed by atoms with Crippen LogP contribution < -0.4 is 9.64 Å². The monoisotopic (exact) mass is 595 g/mol. The second kappa shape index (κ2) is 11.2. The molecule has 224 valence electrons. The Hall–Kier alpha value is -3.14. The minimum absolute atomic E-state index is 0.0775. The summed E-state index contributed by atoms with van der Waals surface area (Å²) in [5, 5.41) is 33.4. The van der Waals surface area contributed by atoms with Crippen LogP contribution in [0.25, 0.3) is 0 Å². The highest BCUT2D eigenvalue weighted by molar-refractivity contribution is 6.30. The number of aliphatic hydroxyl groups is 2. The Kier molecular flexibility index (Phi) is 7.70. The number of ether oxygens (including phenoxy) is 1. The van der Waals surface area contributed by atoms with Crippen molar-refractivity contribution in [1.29, 1.82) is 0 Å². The molecule has 2 aromatic rings. The highest BCUT2D eigenvalue weighted by atomic mass is 35.5. The van der Waals surface area contributed by atoms with Crippen LogP contribution in [0.4, 0.5) is 5.82 Å². The molecule has 10 heteroatoms. The fourth-order valence-electron chi connectivity index (χ4n) is 7.17. The number of aliphatic carboxylic acids is 1. The van der Waals surface area contributed by atoms with Crippen LogP contribution in [0.3, 0.4) is 0 Å². The average molecular weight is 596 g/mol. The van der Waals surface area contributed by atoms with Crippen molar-refractivity contribution >= 4 is 29.3 Å². The van der Waals surface area contributed by atoms with E-state index in [0.29, 0.717) is 49.3 Å². The molecular formula is C32H38ClN3O6. The molecule has 5 atom stereocenters. The Balaban J connectivity index is 1.46. The molecule has 1 aromatic carbocycles. The van der Waals surface area contributed by atoms with Gasteiger partial charge in [-0.25, -0.2) is 9.78 Å². The number of aryl methyl sites for hydroxylation is 1. The summed E-state index contributed by atoms with van der Waals surface area (Å²) in [4.78, 5) is 33.8. The first kappa shape index (κ1) is 29.0. The molecule has 9 nitrogen and oxygen atoms in total. The quantitative estimate of drug-likeness (QED) is 0.427. The maximum atomic E-state index is 13.0. The summed E-state index contributed by atoms with van der Waals surface area (Å²) in [6.45, 7) is 1.92. The van der Waals surface area contributed by atoms with E-state index in [1.165, 1.54) is 22.1 Å². The molecule has 6 rings (SSSR count). The topological polar surface area (TPSA) is 123 Å². The zero-order chi connectivity index (χ0) is 29.6. The first-order valence-corrected chi connectivity index (χ1v) is 15.2. The van der Waals surface area contributed by atoms with E-state index in [1.807, 2.05) is 24.3 Å². The predicted octanol–water partition coefficient (Wildman–Crippen LogP) is 3.68. The third kappa shape index (κ3) is 5.16. The fourth-order valence-corrected chi connectivity index (χ4v) is 7.36. The van der Waals surface area contributed by atoms with Gasteiger partial charge in [0.05, 0.1) is 24.8 Å². The molecule has 1 aromatic heterocycles. The Morgan fingerprint density at radius 1 is 1.21 bits per heavy atom. The van der Waals surface area contributed by atoms with Crippen molar-refractivity contribution in [3.05, 3.63) is 64.3 Å². The van der Waals surface area contributed by atoms with Gasteiger partial charge in [0.25, 0.3) is 0 Å². The molecule has 42 heavy (non-hydrogen) atoms. The summed E-state index contributed by atoms with van der Waals surface area (Å²) in [5.41, 5.74) is -0.558. The smallest absolute Gasteiger partial charge is 0.342 e. The number of rotatable bonds is 1. The molecule has 2 bridgehead atoms. The van der Waals surface area contributed by atoms with Gasteiger partial charge < -0.3 is 29.9 Å². The fraction of sp³-hybridized carbons (Fsp3) is 0.531. The van der Waals surface area contributed by atoms with Crippen molar-refractivity contribution in [2.45, 2.75) is 62.1 Å². The summed E-state index contributed by atoms with van der Waals surface area (Å²) >= 11 is 6.37. The van der Waals surface area contributed by atoms with Crippen LogP contribution >= 0.6 is 11.6 Å². The molecule has 0 unspecified atom stereocenters. The number of fused-ring (bicyclic) bond motifs is 4. The van der Waals surface area contributed by atoms with Crippen LogP contribution in [0, 0.1) is 11.8 Å². The number of hydrogen-bond donors (Lipinski definition) is 3. The van der Waals surface area contributed by atoms with Crippen LogP contribution in [0.1, 0.15) is 55.3 Å². The Morgan fingerprint density at radius 2 is 2.05 bits per heavy atom. The van der Waals surface area contributed by atoms with Crippen LogP contribution in [0.2, 0.25) is 5.02 Å². The Bertz CT molecular complexity index is 1420. The average Bonchev–Trinajstić information content (AvgIpc) is 3.09. The van der Waals surface area contributed by atoms with Crippen molar-refractivity contribution in [2.24, 2.45) is 11.8 Å². The van der Waals surface area contributed by atoms with E-state index in [-0.39, 0.29) is 22.9 Å². The van der Waals surface area contributed by atoms with Crippen LogP contribution in [0.5, 0.6) is 5.75 Å². The van der Waals surface area contributed by atoms with Gasteiger partial charge in [-0.15, -0.1) is 0 Å². The first-order chi connectivity index (χ1) is 20.1. The highest BCUT2D eigenvalue weighted by Gasteiger charge is 2.47. The number of carbonyl (C=O) groups excluding carboxylic acids is 1. The second-order valence-electron chi connectivity index (χ2n) is 12.5. The van der Waals surface area contributed by atoms with E-state index >= 15 is 0 Å². The van der Waals surface area contributed by atoms with Crippen LogP contribution in [-0.4, -0.2) is 76.5 Å². The number of carboxylic acids is 1. The molecule has 0 radical (unpaired) electrons. The summed E-state index contributed by atoms with van der Waals surface area (Å²) < 4.78 is 6.46. The number of aromatic nitrogens is 1. The van der Waals surface area contributed by atoms with Gasteiger partial charge in [0.2, 0.25) is 11.5 Å². The van der Waals surface area contributed by atoms with Crippen molar-refractivity contribution in [3.63, 3.8) is 0 Å². The summed E-state index contributed by atoms with van der Waals surface area (Å²) in [6.07, 6.45) is 7.62. The molecule has 3 heterocycles. The molecule has 2 aliphatic carbocycles. The molecular weight excluding hydrogens is 558 g/mol. The van der Waals surface area contributed by atoms with Gasteiger partial charge >= 0.3 is 5.97 Å². The molecule has 2 aliphatic heterocycles. The van der Waals surface area contributed by atoms with E-state index in [1.54, 1.807) is 13.1 Å². The Morgan fingerprint density at radius 3 is 2.81 bits per heavy atom. The number of nitrogens with zero attached hydrogens (tertiary/aromatic N) is 3. The second-order valence-corrected chi connectivity index (χ2v) is 12.9. The molecule has 3 N–H and O–H groups in total. The third-order valence-corrected chi connectivity index (χ3v) is 10.1. The molecule has 4 aliphatic rings. The predicted molar refractivity (Wildman–Crippen MR) is 158 cm³/mol. The molecule has 1 spiro atoms. The van der Waals surface area contributed by atoms with Gasteiger partial charge in [0.15, 0.2) is 11.6 Å². The van der Waals surface area contributed by atoms with Gasteiger partial charge in [-0.3, -0.25) is 4.79 Å². The number of anilines is 1. The molecule has 0 saturated heterocycles. The van der Waals surface area contributed by atoms with E-state index in [4.69, 9.17) is 21.3 Å². The van der Waals surface area contributed by atoms with Crippen LogP contribution in [-0.2, 0) is 27.0 Å². The van der Waals surface area contributed by atoms with Crippen molar-refractivity contribution in [2.75, 3.05) is 38.2 Å². The van der Waals surface area contributed by atoms with Gasteiger partial charge in [-0.2, -0.15) is 0 Å². The Labute approximate surface area is 250 Å². The lowest BCUT2D eigenvalue weighted by atomic mass is 9.68. The summed E-state index contributed by atoms with van der Waals surface area (Å²) in [6, 6.07) is 9.16. The number of hydrogen-bond acceptors (Lipinski definition) is 7. The lowest BCUT2D eigenvalue weighted by Crippen LogP contribution is -2.50. The van der Waals surface area contributed by atoms with E-state index in [9.17, 15) is 24.9 Å². The van der Waals surface area contributed by atoms with Gasteiger partial charge in [0.1, 0.15) is 0 Å². The van der Waals surface area contributed by atoms with Crippen molar-refractivity contribution in [1.82, 2.24) is 9.88 Å². The number of carboxylic acid groups (broad SMARTS) is 1. The maximum absolute atomic E-state index is 13.0. The number of benzene rings is 1. The molecule has 1 amide bonds. The number of aliphatic hydroxyl groups excluding tert-OH is 1. The molecule has 1 saturated carbocycles. The zero-order valence-corrected chi connectivity index (χ0v) is 24.6. The minimum atomic E-state index is -2.51. The molecule has 1 fully saturated rings. The lowest BCUT2D eigenvalue weighted by Gasteiger charge is -2.45. The number of carbonyl (C=O) groups is 2. The third-order valence-electron chi connectivity index (χ3n) is 9.82. The van der Waals surface area contributed by atoms with E-state index < -0.39 is 30.0 Å². The number of pyridine rings is 1. The lowest BCUT2D eigenvalue weighted by molar-refractivity contribution is -0.165. The largest absolute Gasteiger partial charge is 0.489 e. The number of halogens is 1. The summed E-state index contributed by atoms with van der Waals surface area (Å²) in [5.74, 6) is -0.813. The van der Waals surface area contributed by atoms with Gasteiger partial charge in [-0.1, -0.05) is 29.8 Å². The van der Waals surface area contributed by atoms with Crippen LogP contribution in [0.15, 0.2) is 42.5 Å². The number of amides is 1. The van der Waals surface area contributed by atoms with E-state index in [2.05, 4.69) is 11.0 Å². The first-order valence-electron chi connectivity index (χ1n) is 14.8. The van der Waals surface area contributed by atoms with Crippen molar-refractivity contribution < 1.29 is 29.6 Å². The maximum Gasteiger partial charge on any atom is 0.342 e. The zero-order valence-electron chi connectivity index (χ0n) is 23.8. The normalized spacial score (nSPS) is 32.2. The SMILES string of the molecule is CN1CC/C=C/[C@H](O)[C@@H]2CC[C@H]2CN2C[C@@]3(CCCc4cc(Cl)ccc43)COc3ccc(nc32)[C@](O)(C(=O)O)CC1=O. The highest BCUT2D eigenvalue weighted by Crippen LogP contribution is 2.46.